The first-order chi connectivity index (χ1) is 12.5. The summed E-state index contributed by atoms with van der Waals surface area (Å²) in [6.07, 6.45) is 7.89. The Labute approximate surface area is 149 Å². The van der Waals surface area contributed by atoms with Crippen molar-refractivity contribution in [1.29, 1.82) is 0 Å². The van der Waals surface area contributed by atoms with E-state index in [1.165, 1.54) is 25.3 Å². The van der Waals surface area contributed by atoms with Crippen molar-refractivity contribution in [2.75, 3.05) is 5.73 Å². The van der Waals surface area contributed by atoms with Crippen LogP contribution in [0.1, 0.15) is 38.1 Å². The van der Waals surface area contributed by atoms with Gasteiger partial charge in [-0.3, -0.25) is 10.1 Å². The lowest BCUT2D eigenvalue weighted by Gasteiger charge is -2.23. The number of halogens is 1. The van der Waals surface area contributed by atoms with E-state index in [0.29, 0.717) is 17.2 Å². The second-order valence-corrected chi connectivity index (χ2v) is 6.79. The molecule has 3 aromatic rings. The molecule has 1 fully saturated rings. The highest BCUT2D eigenvalue weighted by Crippen LogP contribution is 2.36. The predicted molar refractivity (Wildman–Crippen MR) is 98.3 cm³/mol. The Balaban J connectivity index is 1.78. The third-order valence-corrected chi connectivity index (χ3v) is 5.17. The molecule has 0 saturated heterocycles. The van der Waals surface area contributed by atoms with Crippen molar-refractivity contribution in [2.24, 2.45) is 0 Å². The van der Waals surface area contributed by atoms with E-state index in [1.807, 2.05) is 24.5 Å². The molecule has 7 heteroatoms. The first-order valence-corrected chi connectivity index (χ1v) is 8.75. The molecule has 1 heterocycles. The molecule has 1 aliphatic carbocycles. The Morgan fingerprint density at radius 1 is 1.19 bits per heavy atom. The Hall–Kier alpha value is -2.96. The lowest BCUT2D eigenvalue weighted by molar-refractivity contribution is -0.384. The van der Waals surface area contributed by atoms with E-state index in [4.69, 9.17) is 5.73 Å². The van der Waals surface area contributed by atoms with Crippen molar-refractivity contribution < 1.29 is 9.31 Å². The smallest absolute Gasteiger partial charge is 0.295 e. The number of nitrogens with two attached hydrogens (primary N) is 1. The molecule has 0 unspecified atom stereocenters. The maximum atomic E-state index is 13.8. The molecule has 134 valence electrons. The quantitative estimate of drug-likeness (QED) is 0.414. The minimum absolute atomic E-state index is 0.0394. The SMILES string of the molecule is Nc1c(-c2ccc3c(c2)ncn3C2CCCCC2)cc(F)cc1[N+](=O)[O-]. The summed E-state index contributed by atoms with van der Waals surface area (Å²) >= 11 is 0. The summed E-state index contributed by atoms with van der Waals surface area (Å²) in [4.78, 5) is 14.9. The number of benzene rings is 2. The number of nitrogen functional groups attached to an aromatic ring is 1. The van der Waals surface area contributed by atoms with Crippen LogP contribution in [0.15, 0.2) is 36.7 Å². The molecule has 0 aliphatic heterocycles. The average molecular weight is 354 g/mol. The second-order valence-electron chi connectivity index (χ2n) is 6.79. The van der Waals surface area contributed by atoms with E-state index in [-0.39, 0.29) is 5.69 Å². The number of anilines is 1. The third kappa shape index (κ3) is 2.79. The zero-order valence-electron chi connectivity index (χ0n) is 14.2. The van der Waals surface area contributed by atoms with Crippen LogP contribution in [-0.4, -0.2) is 14.5 Å². The maximum Gasteiger partial charge on any atom is 0.295 e. The van der Waals surface area contributed by atoms with E-state index in [0.717, 1.165) is 29.9 Å². The molecule has 2 N–H and O–H groups in total. The lowest BCUT2D eigenvalue weighted by atomic mass is 9.95. The van der Waals surface area contributed by atoms with Gasteiger partial charge in [0, 0.05) is 11.6 Å². The Bertz CT molecular complexity index is 993. The highest BCUT2D eigenvalue weighted by atomic mass is 19.1. The van der Waals surface area contributed by atoms with Gasteiger partial charge in [-0.2, -0.15) is 0 Å². The van der Waals surface area contributed by atoms with Crippen LogP contribution in [0, 0.1) is 15.9 Å². The van der Waals surface area contributed by atoms with Gasteiger partial charge >= 0.3 is 0 Å². The van der Waals surface area contributed by atoms with Gasteiger partial charge in [-0.15, -0.1) is 0 Å². The molecule has 26 heavy (non-hydrogen) atoms. The van der Waals surface area contributed by atoms with Gasteiger partial charge in [0.05, 0.1) is 28.4 Å². The molecule has 6 nitrogen and oxygen atoms in total. The van der Waals surface area contributed by atoms with Crippen molar-refractivity contribution in [3.05, 3.63) is 52.6 Å². The van der Waals surface area contributed by atoms with Crippen LogP contribution in [0.25, 0.3) is 22.2 Å². The van der Waals surface area contributed by atoms with Gasteiger partial charge < -0.3 is 10.3 Å². The van der Waals surface area contributed by atoms with Crippen molar-refractivity contribution in [3.8, 4) is 11.1 Å². The van der Waals surface area contributed by atoms with Crippen LogP contribution < -0.4 is 5.73 Å². The average Bonchev–Trinajstić information content (AvgIpc) is 3.07. The standard InChI is InChI=1S/C19H19FN4O2/c20-13-9-15(19(21)18(10-13)24(25)26)12-6-7-17-16(8-12)22-11-23(17)14-4-2-1-3-5-14/h6-11,14H,1-5,21H2. The molecular weight excluding hydrogens is 335 g/mol. The van der Waals surface area contributed by atoms with E-state index >= 15 is 0 Å². The summed E-state index contributed by atoms with van der Waals surface area (Å²) in [7, 11) is 0. The Morgan fingerprint density at radius 3 is 2.69 bits per heavy atom. The van der Waals surface area contributed by atoms with E-state index in [2.05, 4.69) is 9.55 Å². The fourth-order valence-electron chi connectivity index (χ4n) is 3.84. The minimum atomic E-state index is -0.686. The molecule has 1 saturated carbocycles. The van der Waals surface area contributed by atoms with Gasteiger partial charge in [-0.1, -0.05) is 25.3 Å². The van der Waals surface area contributed by atoms with Gasteiger partial charge in [0.25, 0.3) is 5.69 Å². The summed E-state index contributed by atoms with van der Waals surface area (Å²) in [5.74, 6) is -0.686. The zero-order valence-corrected chi connectivity index (χ0v) is 14.2. The highest BCUT2D eigenvalue weighted by Gasteiger charge is 2.20. The van der Waals surface area contributed by atoms with Crippen molar-refractivity contribution >= 4 is 22.4 Å². The molecule has 0 bridgehead atoms. The molecule has 0 atom stereocenters. The summed E-state index contributed by atoms with van der Waals surface area (Å²) in [6.45, 7) is 0. The van der Waals surface area contributed by atoms with Crippen molar-refractivity contribution in [2.45, 2.75) is 38.1 Å². The molecule has 1 aliphatic rings. The molecule has 4 rings (SSSR count). The first kappa shape index (κ1) is 16.5. The lowest BCUT2D eigenvalue weighted by Crippen LogP contribution is -2.11. The number of nitro groups is 1. The largest absolute Gasteiger partial charge is 0.393 e. The van der Waals surface area contributed by atoms with Crippen LogP contribution in [0.5, 0.6) is 0 Å². The van der Waals surface area contributed by atoms with Crippen LogP contribution >= 0.6 is 0 Å². The monoisotopic (exact) mass is 354 g/mol. The number of aromatic nitrogens is 2. The summed E-state index contributed by atoms with van der Waals surface area (Å²) in [5, 5.41) is 11.1. The predicted octanol–water partition coefficient (Wildman–Crippen LogP) is 4.84. The van der Waals surface area contributed by atoms with Crippen molar-refractivity contribution in [1.82, 2.24) is 9.55 Å². The van der Waals surface area contributed by atoms with Gasteiger partial charge in [0.2, 0.25) is 0 Å². The number of nitrogens with zero attached hydrogens (tertiary/aromatic N) is 3. The number of imidazole rings is 1. The van der Waals surface area contributed by atoms with Crippen LogP contribution in [0.4, 0.5) is 15.8 Å². The van der Waals surface area contributed by atoms with Gasteiger partial charge in [0.1, 0.15) is 11.5 Å². The third-order valence-electron chi connectivity index (χ3n) is 5.17. The maximum absolute atomic E-state index is 13.8. The molecule has 0 spiro atoms. The Kier molecular flexibility index (Phi) is 4.06. The minimum Gasteiger partial charge on any atom is -0.393 e. The first-order valence-electron chi connectivity index (χ1n) is 8.75. The fraction of sp³-hybridized carbons (Fsp3) is 0.316. The van der Waals surface area contributed by atoms with E-state index in [9.17, 15) is 14.5 Å². The van der Waals surface area contributed by atoms with E-state index in [1.54, 1.807) is 0 Å². The van der Waals surface area contributed by atoms with Crippen LogP contribution in [0.3, 0.4) is 0 Å². The molecule has 0 amide bonds. The number of hydrogen-bond acceptors (Lipinski definition) is 4. The normalized spacial score (nSPS) is 15.4. The number of fused-ring (bicyclic) bond motifs is 1. The fourth-order valence-corrected chi connectivity index (χ4v) is 3.84. The summed E-state index contributed by atoms with van der Waals surface area (Å²) in [5.41, 5.74) is 8.18. The van der Waals surface area contributed by atoms with E-state index < -0.39 is 16.4 Å². The van der Waals surface area contributed by atoms with Crippen LogP contribution in [-0.2, 0) is 0 Å². The summed E-state index contributed by atoms with van der Waals surface area (Å²) in [6, 6.07) is 8.08. The molecule has 2 aromatic carbocycles. The number of nitro benzene ring substituents is 1. The summed E-state index contributed by atoms with van der Waals surface area (Å²) < 4.78 is 16.0. The zero-order chi connectivity index (χ0) is 18.3. The number of hydrogen-bond donors (Lipinski definition) is 1. The highest BCUT2D eigenvalue weighted by molar-refractivity contribution is 5.88. The molecular formula is C19H19FN4O2. The molecule has 1 aromatic heterocycles. The second kappa shape index (κ2) is 6.40. The van der Waals surface area contributed by atoms with Gasteiger partial charge in [-0.05, 0) is 36.6 Å². The molecule has 0 radical (unpaired) electrons. The Morgan fingerprint density at radius 2 is 1.96 bits per heavy atom. The van der Waals surface area contributed by atoms with Gasteiger partial charge in [0.15, 0.2) is 0 Å². The van der Waals surface area contributed by atoms with Gasteiger partial charge in [-0.25, -0.2) is 9.37 Å². The topological polar surface area (TPSA) is 87.0 Å². The number of rotatable bonds is 3. The van der Waals surface area contributed by atoms with Crippen LogP contribution in [0.2, 0.25) is 0 Å². The van der Waals surface area contributed by atoms with Crippen molar-refractivity contribution in [3.63, 3.8) is 0 Å².